The number of nitrogens with zero attached hydrogens (tertiary/aromatic N) is 2. The van der Waals surface area contributed by atoms with E-state index in [9.17, 15) is 9.50 Å². The van der Waals surface area contributed by atoms with Crippen molar-refractivity contribution >= 4 is 5.82 Å². The molecule has 2 heterocycles. The Bertz CT molecular complexity index is 362. The smallest absolute Gasteiger partial charge is 0.165 e. The summed E-state index contributed by atoms with van der Waals surface area (Å²) in [6.07, 6.45) is 1.55. The second-order valence-corrected chi connectivity index (χ2v) is 4.05. The maximum absolute atomic E-state index is 13.4. The van der Waals surface area contributed by atoms with E-state index in [0.717, 1.165) is 0 Å². The van der Waals surface area contributed by atoms with E-state index >= 15 is 0 Å². The van der Waals surface area contributed by atoms with Crippen LogP contribution < -0.4 is 4.90 Å². The van der Waals surface area contributed by atoms with Gasteiger partial charge in [-0.3, -0.25) is 0 Å². The lowest BCUT2D eigenvalue weighted by molar-refractivity contribution is 0.0544. The maximum Gasteiger partial charge on any atom is 0.165 e. The summed E-state index contributed by atoms with van der Waals surface area (Å²) >= 11 is 0. The van der Waals surface area contributed by atoms with Gasteiger partial charge in [-0.25, -0.2) is 9.37 Å². The molecule has 1 fully saturated rings. The highest BCUT2D eigenvalue weighted by Crippen LogP contribution is 2.23. The summed E-state index contributed by atoms with van der Waals surface area (Å²) in [6, 6.07) is 2.89. The number of aliphatic hydroxyl groups is 2. The molecule has 1 aromatic heterocycles. The molecule has 2 rings (SSSR count). The lowest BCUT2D eigenvalue weighted by Crippen LogP contribution is -2.45. The molecule has 0 radical (unpaired) electrons. The first-order chi connectivity index (χ1) is 7.72. The van der Waals surface area contributed by atoms with Crippen molar-refractivity contribution in [1.29, 1.82) is 0 Å². The third-order valence-electron chi connectivity index (χ3n) is 2.99. The molecule has 0 saturated carbocycles. The molecule has 0 spiro atoms. The molecular formula is C11H15FN2O2. The lowest BCUT2D eigenvalue weighted by atomic mass is 9.95. The third-order valence-corrected chi connectivity index (χ3v) is 2.99. The number of halogens is 1. The molecular weight excluding hydrogens is 211 g/mol. The highest BCUT2D eigenvalue weighted by Gasteiger charge is 2.28. The molecule has 1 aromatic rings. The monoisotopic (exact) mass is 226 g/mol. The number of hydrogen-bond acceptors (Lipinski definition) is 4. The van der Waals surface area contributed by atoms with Gasteiger partial charge in [0.15, 0.2) is 11.6 Å². The van der Waals surface area contributed by atoms with E-state index < -0.39 is 6.10 Å². The molecule has 1 aliphatic heterocycles. The molecule has 2 atom stereocenters. The van der Waals surface area contributed by atoms with Crippen LogP contribution in [0.4, 0.5) is 10.2 Å². The van der Waals surface area contributed by atoms with Crippen LogP contribution in [0.25, 0.3) is 0 Å². The normalized spacial score (nSPS) is 25.8. The first kappa shape index (κ1) is 11.3. The number of hydrogen-bond donors (Lipinski definition) is 2. The maximum atomic E-state index is 13.4. The summed E-state index contributed by atoms with van der Waals surface area (Å²) in [5, 5.41) is 18.7. The van der Waals surface area contributed by atoms with Gasteiger partial charge >= 0.3 is 0 Å². The quantitative estimate of drug-likeness (QED) is 0.766. The third kappa shape index (κ3) is 2.15. The summed E-state index contributed by atoms with van der Waals surface area (Å²) in [7, 11) is 0. The van der Waals surface area contributed by atoms with E-state index in [1.54, 1.807) is 4.90 Å². The van der Waals surface area contributed by atoms with Crippen LogP contribution in [0.15, 0.2) is 18.3 Å². The Morgan fingerprint density at radius 2 is 2.38 bits per heavy atom. The van der Waals surface area contributed by atoms with Crippen molar-refractivity contribution < 1.29 is 14.6 Å². The van der Waals surface area contributed by atoms with Crippen LogP contribution in [0.1, 0.15) is 6.42 Å². The Hall–Kier alpha value is -1.20. The van der Waals surface area contributed by atoms with Gasteiger partial charge in [-0.2, -0.15) is 0 Å². The SMILES string of the molecule is OC[C@H]1CCN(c2ncccc2F)C[C@@H]1O. The van der Waals surface area contributed by atoms with E-state index in [2.05, 4.69) is 4.98 Å². The Balaban J connectivity index is 2.11. The molecule has 88 valence electrons. The Kier molecular flexibility index (Phi) is 3.36. The van der Waals surface area contributed by atoms with Crippen LogP contribution in [0.3, 0.4) is 0 Å². The van der Waals surface area contributed by atoms with Crippen molar-refractivity contribution in [2.45, 2.75) is 12.5 Å². The van der Waals surface area contributed by atoms with Crippen LogP contribution >= 0.6 is 0 Å². The minimum absolute atomic E-state index is 0.0281. The molecule has 5 heteroatoms. The number of pyridine rings is 1. The predicted octanol–water partition coefficient (Wildman–Crippen LogP) is 0.400. The van der Waals surface area contributed by atoms with Crippen LogP contribution in [-0.2, 0) is 0 Å². The largest absolute Gasteiger partial charge is 0.396 e. The second-order valence-electron chi connectivity index (χ2n) is 4.05. The number of β-amino-alcohol motifs (C(OH)–C–C–N with tert-alkyl or cyclic N) is 1. The minimum atomic E-state index is -0.625. The molecule has 0 unspecified atom stereocenters. The first-order valence-electron chi connectivity index (χ1n) is 5.36. The topological polar surface area (TPSA) is 56.6 Å². The standard InChI is InChI=1S/C11H15FN2O2/c12-9-2-1-4-13-11(9)14-5-3-8(7-15)10(16)6-14/h1-2,4,8,10,15-16H,3,5-7H2/t8-,10+/m1/s1. The Morgan fingerprint density at radius 1 is 1.56 bits per heavy atom. The molecule has 1 saturated heterocycles. The number of piperidine rings is 1. The summed E-state index contributed by atoms with van der Waals surface area (Å²) in [6.45, 7) is 0.898. The van der Waals surface area contributed by atoms with Gasteiger partial charge in [0.05, 0.1) is 6.10 Å². The molecule has 2 N–H and O–H groups in total. The van der Waals surface area contributed by atoms with Crippen LogP contribution in [0.5, 0.6) is 0 Å². The summed E-state index contributed by atoms with van der Waals surface area (Å²) in [5.74, 6) is -0.210. The fourth-order valence-electron chi connectivity index (χ4n) is 2.00. The fourth-order valence-corrected chi connectivity index (χ4v) is 2.00. The lowest BCUT2D eigenvalue weighted by Gasteiger charge is -2.35. The molecule has 0 aliphatic carbocycles. The van der Waals surface area contributed by atoms with Crippen LogP contribution in [0.2, 0.25) is 0 Å². The van der Waals surface area contributed by atoms with E-state index in [-0.39, 0.29) is 24.2 Å². The van der Waals surface area contributed by atoms with Gasteiger partial charge in [-0.1, -0.05) is 0 Å². The summed E-state index contributed by atoms with van der Waals surface area (Å²) in [4.78, 5) is 5.68. The highest BCUT2D eigenvalue weighted by atomic mass is 19.1. The van der Waals surface area contributed by atoms with Crippen molar-refractivity contribution in [3.05, 3.63) is 24.1 Å². The Labute approximate surface area is 93.3 Å². The van der Waals surface area contributed by atoms with Crippen LogP contribution in [0, 0.1) is 11.7 Å². The first-order valence-corrected chi connectivity index (χ1v) is 5.36. The number of aliphatic hydroxyl groups excluding tert-OH is 2. The predicted molar refractivity (Wildman–Crippen MR) is 57.6 cm³/mol. The highest BCUT2D eigenvalue weighted by molar-refractivity contribution is 5.40. The van der Waals surface area contributed by atoms with E-state index in [4.69, 9.17) is 5.11 Å². The molecule has 16 heavy (non-hydrogen) atoms. The number of rotatable bonds is 2. The average Bonchev–Trinajstić information content (AvgIpc) is 2.29. The van der Waals surface area contributed by atoms with E-state index in [1.165, 1.54) is 18.3 Å². The summed E-state index contributed by atoms with van der Waals surface area (Å²) in [5.41, 5.74) is 0. The number of anilines is 1. The zero-order valence-corrected chi connectivity index (χ0v) is 8.88. The van der Waals surface area contributed by atoms with Crippen molar-refractivity contribution in [1.82, 2.24) is 4.98 Å². The molecule has 0 aromatic carbocycles. The van der Waals surface area contributed by atoms with Gasteiger partial charge in [0, 0.05) is 31.8 Å². The van der Waals surface area contributed by atoms with Crippen molar-refractivity contribution in [3.8, 4) is 0 Å². The van der Waals surface area contributed by atoms with E-state index in [0.29, 0.717) is 19.5 Å². The zero-order chi connectivity index (χ0) is 11.5. The van der Waals surface area contributed by atoms with Gasteiger partial charge in [0.2, 0.25) is 0 Å². The minimum Gasteiger partial charge on any atom is -0.396 e. The molecule has 1 aliphatic rings. The van der Waals surface area contributed by atoms with Crippen molar-refractivity contribution in [3.63, 3.8) is 0 Å². The van der Waals surface area contributed by atoms with Crippen molar-refractivity contribution in [2.24, 2.45) is 5.92 Å². The van der Waals surface area contributed by atoms with Gasteiger partial charge in [-0.05, 0) is 18.6 Å². The molecule has 4 nitrogen and oxygen atoms in total. The van der Waals surface area contributed by atoms with Crippen molar-refractivity contribution in [2.75, 3.05) is 24.6 Å². The van der Waals surface area contributed by atoms with Crippen LogP contribution in [-0.4, -0.2) is 41.0 Å². The Morgan fingerprint density at radius 3 is 3.00 bits per heavy atom. The van der Waals surface area contributed by atoms with Gasteiger partial charge < -0.3 is 15.1 Å². The molecule has 0 bridgehead atoms. The average molecular weight is 226 g/mol. The fraction of sp³-hybridized carbons (Fsp3) is 0.545. The number of aromatic nitrogens is 1. The van der Waals surface area contributed by atoms with E-state index in [1.807, 2.05) is 0 Å². The summed E-state index contributed by atoms with van der Waals surface area (Å²) < 4.78 is 13.4. The zero-order valence-electron chi connectivity index (χ0n) is 8.88. The van der Waals surface area contributed by atoms with Gasteiger partial charge in [0.25, 0.3) is 0 Å². The molecule has 0 amide bonds. The van der Waals surface area contributed by atoms with Gasteiger partial charge in [-0.15, -0.1) is 0 Å². The van der Waals surface area contributed by atoms with Gasteiger partial charge in [0.1, 0.15) is 0 Å². The second kappa shape index (κ2) is 4.76.